The van der Waals surface area contributed by atoms with Crippen LogP contribution in [-0.4, -0.2) is 21.3 Å². The molecule has 1 rings (SSSR count). The first kappa shape index (κ1) is 12.7. The molecule has 88 valence electrons. The van der Waals surface area contributed by atoms with E-state index in [4.69, 9.17) is 6.42 Å². The monoisotopic (exact) mass is 220 g/mol. The van der Waals surface area contributed by atoms with E-state index >= 15 is 0 Å². The van der Waals surface area contributed by atoms with Crippen LogP contribution in [0.5, 0.6) is 0 Å². The summed E-state index contributed by atoms with van der Waals surface area (Å²) in [6, 6.07) is 0. The predicted molar refractivity (Wildman–Crippen MR) is 64.6 cm³/mol. The van der Waals surface area contributed by atoms with Crippen LogP contribution in [0.25, 0.3) is 0 Å². The van der Waals surface area contributed by atoms with Gasteiger partial charge in [0.05, 0.1) is 6.54 Å². The number of aromatic nitrogens is 3. The summed E-state index contributed by atoms with van der Waals surface area (Å²) >= 11 is 0. The van der Waals surface area contributed by atoms with Crippen LogP contribution in [0.15, 0.2) is 6.33 Å². The summed E-state index contributed by atoms with van der Waals surface area (Å²) in [5, 5.41) is 7.52. The zero-order valence-corrected chi connectivity index (χ0v) is 10.1. The standard InChI is InChI=1S/C12H20N4/c1-4-5-6-7-13-8-12-14-10-15-16(12)9-11(2)3/h1,10-11,13H,5-9H2,2-3H3. The summed E-state index contributed by atoms with van der Waals surface area (Å²) in [6.45, 7) is 6.95. The van der Waals surface area contributed by atoms with Crippen LogP contribution in [0.3, 0.4) is 0 Å². The first-order valence-corrected chi connectivity index (χ1v) is 5.75. The highest BCUT2D eigenvalue weighted by atomic mass is 15.3. The quantitative estimate of drug-likeness (QED) is 0.558. The van der Waals surface area contributed by atoms with Crippen molar-refractivity contribution in [3.8, 4) is 12.3 Å². The third kappa shape index (κ3) is 4.45. The summed E-state index contributed by atoms with van der Waals surface area (Å²) in [5.41, 5.74) is 0. The van der Waals surface area contributed by atoms with E-state index in [0.29, 0.717) is 5.92 Å². The molecule has 4 nitrogen and oxygen atoms in total. The minimum Gasteiger partial charge on any atom is -0.310 e. The molecule has 0 radical (unpaired) electrons. The second-order valence-electron chi connectivity index (χ2n) is 4.24. The van der Waals surface area contributed by atoms with Gasteiger partial charge < -0.3 is 5.32 Å². The molecule has 0 fully saturated rings. The van der Waals surface area contributed by atoms with Crippen LogP contribution in [0.4, 0.5) is 0 Å². The number of nitrogens with zero attached hydrogens (tertiary/aromatic N) is 3. The van der Waals surface area contributed by atoms with Gasteiger partial charge in [-0.1, -0.05) is 13.8 Å². The highest BCUT2D eigenvalue weighted by Crippen LogP contribution is 2.00. The molecule has 1 heterocycles. The fourth-order valence-corrected chi connectivity index (χ4v) is 1.44. The fraction of sp³-hybridized carbons (Fsp3) is 0.667. The lowest BCUT2D eigenvalue weighted by Gasteiger charge is -2.08. The molecular weight excluding hydrogens is 200 g/mol. The number of rotatable bonds is 7. The second-order valence-corrected chi connectivity index (χ2v) is 4.24. The van der Waals surface area contributed by atoms with Crippen molar-refractivity contribution in [2.45, 2.75) is 39.8 Å². The average Bonchev–Trinajstić information content (AvgIpc) is 2.64. The van der Waals surface area contributed by atoms with Gasteiger partial charge in [0.25, 0.3) is 0 Å². The second kappa shape index (κ2) is 7.02. The Morgan fingerprint density at radius 1 is 1.56 bits per heavy atom. The SMILES string of the molecule is C#CCCCNCc1ncnn1CC(C)C. The van der Waals surface area contributed by atoms with Crippen molar-refractivity contribution in [2.75, 3.05) is 6.54 Å². The largest absolute Gasteiger partial charge is 0.310 e. The van der Waals surface area contributed by atoms with E-state index in [1.807, 2.05) is 4.68 Å². The minimum atomic E-state index is 0.585. The summed E-state index contributed by atoms with van der Waals surface area (Å²) in [6.07, 6.45) is 8.63. The van der Waals surface area contributed by atoms with E-state index in [-0.39, 0.29) is 0 Å². The highest BCUT2D eigenvalue weighted by molar-refractivity contribution is 4.85. The molecule has 0 atom stereocenters. The summed E-state index contributed by atoms with van der Waals surface area (Å²) in [4.78, 5) is 4.24. The van der Waals surface area contributed by atoms with Crippen molar-refractivity contribution in [3.05, 3.63) is 12.2 Å². The van der Waals surface area contributed by atoms with Crippen molar-refractivity contribution in [1.29, 1.82) is 0 Å². The van der Waals surface area contributed by atoms with Gasteiger partial charge in [0.1, 0.15) is 12.2 Å². The molecule has 0 saturated carbocycles. The molecule has 16 heavy (non-hydrogen) atoms. The molecule has 0 spiro atoms. The third-order valence-corrected chi connectivity index (χ3v) is 2.19. The molecule has 0 unspecified atom stereocenters. The van der Waals surface area contributed by atoms with E-state index in [2.05, 4.69) is 35.2 Å². The van der Waals surface area contributed by atoms with Crippen LogP contribution in [-0.2, 0) is 13.1 Å². The van der Waals surface area contributed by atoms with Gasteiger partial charge in [-0.3, -0.25) is 0 Å². The molecule has 0 saturated heterocycles. The van der Waals surface area contributed by atoms with Crippen molar-refractivity contribution in [3.63, 3.8) is 0 Å². The number of terminal acetylenes is 1. The molecule has 0 bridgehead atoms. The summed E-state index contributed by atoms with van der Waals surface area (Å²) < 4.78 is 1.96. The Morgan fingerprint density at radius 3 is 3.06 bits per heavy atom. The van der Waals surface area contributed by atoms with Gasteiger partial charge in [0, 0.05) is 13.0 Å². The van der Waals surface area contributed by atoms with E-state index in [1.165, 1.54) is 0 Å². The van der Waals surface area contributed by atoms with E-state index < -0.39 is 0 Å². The van der Waals surface area contributed by atoms with Crippen molar-refractivity contribution >= 4 is 0 Å². The molecule has 0 amide bonds. The summed E-state index contributed by atoms with van der Waals surface area (Å²) in [5.74, 6) is 4.21. The number of hydrogen-bond donors (Lipinski definition) is 1. The van der Waals surface area contributed by atoms with Crippen molar-refractivity contribution in [1.82, 2.24) is 20.1 Å². The maximum atomic E-state index is 5.18. The van der Waals surface area contributed by atoms with Crippen LogP contribution in [0.2, 0.25) is 0 Å². The van der Waals surface area contributed by atoms with Gasteiger partial charge in [-0.25, -0.2) is 9.67 Å². The lowest BCUT2D eigenvalue weighted by molar-refractivity contribution is 0.457. The minimum absolute atomic E-state index is 0.585. The zero-order chi connectivity index (χ0) is 11.8. The van der Waals surface area contributed by atoms with Gasteiger partial charge in [-0.2, -0.15) is 5.10 Å². The van der Waals surface area contributed by atoms with Crippen LogP contribution in [0.1, 0.15) is 32.5 Å². The molecule has 1 aromatic rings. The molecule has 0 aromatic carbocycles. The lowest BCUT2D eigenvalue weighted by atomic mass is 10.2. The Morgan fingerprint density at radius 2 is 2.38 bits per heavy atom. The van der Waals surface area contributed by atoms with Crippen LogP contribution >= 0.6 is 0 Å². The Bertz CT molecular complexity index is 335. The third-order valence-electron chi connectivity index (χ3n) is 2.19. The number of nitrogens with one attached hydrogen (secondary N) is 1. The topological polar surface area (TPSA) is 42.7 Å². The smallest absolute Gasteiger partial charge is 0.140 e. The van der Waals surface area contributed by atoms with Gasteiger partial charge >= 0.3 is 0 Å². The van der Waals surface area contributed by atoms with Crippen LogP contribution in [0, 0.1) is 18.3 Å². The Labute approximate surface area is 97.5 Å². The fourth-order valence-electron chi connectivity index (χ4n) is 1.44. The van der Waals surface area contributed by atoms with Crippen molar-refractivity contribution in [2.24, 2.45) is 5.92 Å². The first-order valence-electron chi connectivity index (χ1n) is 5.75. The number of hydrogen-bond acceptors (Lipinski definition) is 3. The van der Waals surface area contributed by atoms with E-state index in [0.717, 1.165) is 38.3 Å². The number of unbranched alkanes of at least 4 members (excludes halogenated alkanes) is 1. The average molecular weight is 220 g/mol. The lowest BCUT2D eigenvalue weighted by Crippen LogP contribution is -2.19. The van der Waals surface area contributed by atoms with E-state index in [1.54, 1.807) is 6.33 Å². The molecule has 4 heteroatoms. The normalized spacial score (nSPS) is 10.6. The Balaban J connectivity index is 2.31. The molecule has 0 aliphatic carbocycles. The Hall–Kier alpha value is -1.34. The molecule has 0 aliphatic rings. The Kier molecular flexibility index (Phi) is 5.58. The van der Waals surface area contributed by atoms with Crippen LogP contribution < -0.4 is 5.32 Å². The maximum absolute atomic E-state index is 5.18. The molecule has 0 aliphatic heterocycles. The van der Waals surface area contributed by atoms with E-state index in [9.17, 15) is 0 Å². The summed E-state index contributed by atoms with van der Waals surface area (Å²) in [7, 11) is 0. The van der Waals surface area contributed by atoms with Gasteiger partial charge in [0.2, 0.25) is 0 Å². The zero-order valence-electron chi connectivity index (χ0n) is 10.1. The molecular formula is C12H20N4. The maximum Gasteiger partial charge on any atom is 0.140 e. The van der Waals surface area contributed by atoms with Gasteiger partial charge in [0.15, 0.2) is 0 Å². The molecule has 1 aromatic heterocycles. The van der Waals surface area contributed by atoms with Crippen molar-refractivity contribution < 1.29 is 0 Å². The van der Waals surface area contributed by atoms with Gasteiger partial charge in [-0.05, 0) is 18.9 Å². The van der Waals surface area contributed by atoms with Gasteiger partial charge in [-0.15, -0.1) is 12.3 Å². The predicted octanol–water partition coefficient (Wildman–Crippen LogP) is 1.44. The highest BCUT2D eigenvalue weighted by Gasteiger charge is 2.04. The first-order chi connectivity index (χ1) is 7.74. The molecule has 1 N–H and O–H groups in total.